The van der Waals surface area contributed by atoms with E-state index in [0.717, 1.165) is 12.1 Å². The van der Waals surface area contributed by atoms with Gasteiger partial charge in [0.05, 0.1) is 6.04 Å². The number of carbonyl (C=O) groups excluding carboxylic acids is 1. The molecule has 2 aromatic rings. The SMILES string of the molecule is Cl.O=C(c1ccn[nH]1)N1CCNCC1c1ccccc1Cl. The molecular weight excluding hydrogens is 311 g/mol. The third-order valence-corrected chi connectivity index (χ3v) is 3.84. The molecule has 2 heterocycles. The third kappa shape index (κ3) is 3.20. The van der Waals surface area contributed by atoms with E-state index in [2.05, 4.69) is 15.5 Å². The van der Waals surface area contributed by atoms with Crippen molar-refractivity contribution < 1.29 is 4.79 Å². The topological polar surface area (TPSA) is 61.0 Å². The Morgan fingerprint density at radius 1 is 1.33 bits per heavy atom. The fourth-order valence-electron chi connectivity index (χ4n) is 2.50. The van der Waals surface area contributed by atoms with Crippen molar-refractivity contribution in [3.8, 4) is 0 Å². The maximum atomic E-state index is 12.5. The molecule has 1 aromatic carbocycles. The number of aromatic nitrogens is 2. The van der Waals surface area contributed by atoms with Gasteiger partial charge < -0.3 is 10.2 Å². The van der Waals surface area contributed by atoms with Crippen molar-refractivity contribution in [2.45, 2.75) is 6.04 Å². The lowest BCUT2D eigenvalue weighted by atomic mass is 10.0. The fraction of sp³-hybridized carbons (Fsp3) is 0.286. The van der Waals surface area contributed by atoms with E-state index in [-0.39, 0.29) is 24.4 Å². The monoisotopic (exact) mass is 326 g/mol. The second-order valence-corrected chi connectivity index (χ2v) is 5.12. The smallest absolute Gasteiger partial charge is 0.272 e. The average Bonchev–Trinajstić information content (AvgIpc) is 3.01. The first-order chi connectivity index (χ1) is 9.77. The van der Waals surface area contributed by atoms with E-state index in [0.29, 0.717) is 23.8 Å². The average molecular weight is 327 g/mol. The molecule has 7 heteroatoms. The molecule has 1 aromatic heterocycles. The maximum absolute atomic E-state index is 12.5. The van der Waals surface area contributed by atoms with Gasteiger partial charge in [0.1, 0.15) is 5.69 Å². The first kappa shape index (κ1) is 15.8. The van der Waals surface area contributed by atoms with Crippen molar-refractivity contribution in [1.82, 2.24) is 20.4 Å². The second-order valence-electron chi connectivity index (χ2n) is 4.71. The first-order valence-electron chi connectivity index (χ1n) is 6.53. The quantitative estimate of drug-likeness (QED) is 0.890. The summed E-state index contributed by atoms with van der Waals surface area (Å²) in [6, 6.07) is 9.27. The highest BCUT2D eigenvalue weighted by atomic mass is 35.5. The van der Waals surface area contributed by atoms with E-state index in [9.17, 15) is 4.79 Å². The number of nitrogens with zero attached hydrogens (tertiary/aromatic N) is 2. The molecule has 1 atom stereocenters. The standard InChI is InChI=1S/C14H15ClN4O.ClH/c15-11-4-2-1-3-10(11)13-9-16-7-8-19(13)14(20)12-5-6-17-18-12;/h1-6,13,16H,7-9H2,(H,17,18);1H. The van der Waals surface area contributed by atoms with Gasteiger partial charge in [-0.05, 0) is 17.7 Å². The lowest BCUT2D eigenvalue weighted by Crippen LogP contribution is -2.48. The normalized spacial score (nSPS) is 18.1. The zero-order valence-corrected chi connectivity index (χ0v) is 12.8. The molecule has 0 aliphatic carbocycles. The number of piperazine rings is 1. The zero-order valence-electron chi connectivity index (χ0n) is 11.3. The number of nitrogens with one attached hydrogen (secondary N) is 2. The summed E-state index contributed by atoms with van der Waals surface area (Å²) in [6.07, 6.45) is 1.58. The van der Waals surface area contributed by atoms with E-state index in [1.165, 1.54) is 0 Å². The van der Waals surface area contributed by atoms with E-state index in [1.54, 1.807) is 12.3 Å². The van der Waals surface area contributed by atoms with Crippen molar-refractivity contribution >= 4 is 29.9 Å². The van der Waals surface area contributed by atoms with Gasteiger partial charge in [0.2, 0.25) is 0 Å². The van der Waals surface area contributed by atoms with Crippen LogP contribution in [-0.4, -0.2) is 40.6 Å². The Labute approximate surface area is 134 Å². The Kier molecular flexibility index (Phi) is 5.22. The second kappa shape index (κ2) is 6.93. The lowest BCUT2D eigenvalue weighted by Gasteiger charge is -2.36. The molecule has 1 aliphatic rings. The highest BCUT2D eigenvalue weighted by molar-refractivity contribution is 6.31. The minimum absolute atomic E-state index is 0. The molecule has 21 heavy (non-hydrogen) atoms. The zero-order chi connectivity index (χ0) is 13.9. The van der Waals surface area contributed by atoms with E-state index < -0.39 is 0 Å². The van der Waals surface area contributed by atoms with Crippen molar-refractivity contribution in [3.63, 3.8) is 0 Å². The molecule has 5 nitrogen and oxygen atoms in total. The van der Waals surface area contributed by atoms with Gasteiger partial charge in [-0.1, -0.05) is 29.8 Å². The molecule has 1 unspecified atom stereocenters. The first-order valence-corrected chi connectivity index (χ1v) is 6.90. The Balaban J connectivity index is 0.00000161. The maximum Gasteiger partial charge on any atom is 0.272 e. The molecule has 112 valence electrons. The molecule has 1 aliphatic heterocycles. The summed E-state index contributed by atoms with van der Waals surface area (Å²) in [5.41, 5.74) is 1.47. The molecule has 1 saturated heterocycles. The number of benzene rings is 1. The summed E-state index contributed by atoms with van der Waals surface area (Å²) in [5, 5.41) is 10.6. The molecule has 1 fully saturated rings. The molecule has 0 bridgehead atoms. The number of hydrogen-bond acceptors (Lipinski definition) is 3. The molecule has 3 rings (SSSR count). The van der Waals surface area contributed by atoms with Crippen LogP contribution < -0.4 is 5.32 Å². The van der Waals surface area contributed by atoms with Crippen molar-refractivity contribution in [1.29, 1.82) is 0 Å². The Morgan fingerprint density at radius 3 is 2.86 bits per heavy atom. The van der Waals surface area contributed by atoms with Crippen LogP contribution in [0, 0.1) is 0 Å². The number of aromatic amines is 1. The summed E-state index contributed by atoms with van der Waals surface area (Å²) in [4.78, 5) is 14.4. The van der Waals surface area contributed by atoms with Crippen LogP contribution in [0.2, 0.25) is 5.02 Å². The van der Waals surface area contributed by atoms with Crippen LogP contribution in [0.25, 0.3) is 0 Å². The highest BCUT2D eigenvalue weighted by Gasteiger charge is 2.30. The largest absolute Gasteiger partial charge is 0.328 e. The van der Waals surface area contributed by atoms with Gasteiger partial charge in [0.15, 0.2) is 0 Å². The van der Waals surface area contributed by atoms with Crippen LogP contribution in [0.4, 0.5) is 0 Å². The van der Waals surface area contributed by atoms with Gasteiger partial charge in [0.25, 0.3) is 5.91 Å². The highest BCUT2D eigenvalue weighted by Crippen LogP contribution is 2.29. The number of carbonyl (C=O) groups is 1. The van der Waals surface area contributed by atoms with Crippen molar-refractivity contribution in [2.75, 3.05) is 19.6 Å². The summed E-state index contributed by atoms with van der Waals surface area (Å²) >= 11 is 6.27. The van der Waals surface area contributed by atoms with Crippen LogP contribution >= 0.6 is 24.0 Å². The van der Waals surface area contributed by atoms with E-state index >= 15 is 0 Å². The number of H-pyrrole nitrogens is 1. The van der Waals surface area contributed by atoms with Crippen LogP contribution in [0.3, 0.4) is 0 Å². The van der Waals surface area contributed by atoms with E-state index in [1.807, 2.05) is 29.2 Å². The van der Waals surface area contributed by atoms with Gasteiger partial charge in [-0.3, -0.25) is 9.89 Å². The fourth-order valence-corrected chi connectivity index (χ4v) is 2.76. The van der Waals surface area contributed by atoms with Gasteiger partial charge in [-0.2, -0.15) is 5.10 Å². The molecule has 1 amide bonds. The van der Waals surface area contributed by atoms with Crippen LogP contribution in [-0.2, 0) is 0 Å². The van der Waals surface area contributed by atoms with Crippen molar-refractivity contribution in [3.05, 3.63) is 52.8 Å². The predicted octanol–water partition coefficient (Wildman–Crippen LogP) is 2.27. The molecular formula is C14H16Cl2N4O. The Hall–Kier alpha value is -1.56. The van der Waals surface area contributed by atoms with Crippen LogP contribution in [0.5, 0.6) is 0 Å². The van der Waals surface area contributed by atoms with Crippen LogP contribution in [0.1, 0.15) is 22.1 Å². The van der Waals surface area contributed by atoms with Gasteiger partial charge in [-0.25, -0.2) is 0 Å². The molecule has 0 saturated carbocycles. The Bertz CT molecular complexity index is 603. The summed E-state index contributed by atoms with van der Waals surface area (Å²) < 4.78 is 0. The molecule has 0 radical (unpaired) electrons. The number of rotatable bonds is 2. The summed E-state index contributed by atoms with van der Waals surface area (Å²) in [5.74, 6) is -0.0473. The summed E-state index contributed by atoms with van der Waals surface area (Å²) in [6.45, 7) is 2.12. The van der Waals surface area contributed by atoms with Crippen LogP contribution in [0.15, 0.2) is 36.5 Å². The number of hydrogen-bond donors (Lipinski definition) is 2. The van der Waals surface area contributed by atoms with Gasteiger partial charge in [0, 0.05) is 30.9 Å². The Morgan fingerprint density at radius 2 is 2.14 bits per heavy atom. The number of halogens is 2. The third-order valence-electron chi connectivity index (χ3n) is 3.50. The summed E-state index contributed by atoms with van der Waals surface area (Å²) in [7, 11) is 0. The van der Waals surface area contributed by atoms with Crippen molar-refractivity contribution in [2.24, 2.45) is 0 Å². The minimum Gasteiger partial charge on any atom is -0.328 e. The lowest BCUT2D eigenvalue weighted by molar-refractivity contribution is 0.0628. The predicted molar refractivity (Wildman–Crippen MR) is 83.9 cm³/mol. The molecule has 2 N–H and O–H groups in total. The molecule has 0 spiro atoms. The van der Waals surface area contributed by atoms with Gasteiger partial charge in [-0.15, -0.1) is 12.4 Å². The minimum atomic E-state index is -0.0618. The van der Waals surface area contributed by atoms with Gasteiger partial charge >= 0.3 is 0 Å². The van der Waals surface area contributed by atoms with E-state index in [4.69, 9.17) is 11.6 Å². The number of amides is 1.